The second-order valence-electron chi connectivity index (χ2n) is 8.88. The summed E-state index contributed by atoms with van der Waals surface area (Å²) in [5.74, 6) is -0.367. The van der Waals surface area contributed by atoms with Crippen molar-refractivity contribution in [3.05, 3.63) is 12.2 Å². The fourth-order valence-corrected chi connectivity index (χ4v) is 3.83. The molecule has 0 spiro atoms. The van der Waals surface area contributed by atoms with Crippen LogP contribution >= 0.6 is 0 Å². The Morgan fingerprint density at radius 2 is 1.26 bits per heavy atom. The molecule has 0 saturated carbocycles. The Balaban J connectivity index is 4.50. The zero-order valence-corrected chi connectivity index (χ0v) is 23.0. The topological polar surface area (TPSA) is 63.2 Å². The second kappa shape index (κ2) is 23.8. The maximum absolute atomic E-state index is 11.7. The van der Waals surface area contributed by atoms with Gasteiger partial charge in [-0.2, -0.15) is 0 Å². The first kappa shape index (κ1) is 33.0. The summed E-state index contributed by atoms with van der Waals surface area (Å²) < 4.78 is 28.3. The molecule has 0 heterocycles. The van der Waals surface area contributed by atoms with Crippen LogP contribution in [-0.2, 0) is 28.5 Å². The van der Waals surface area contributed by atoms with Crippen LogP contribution < -0.4 is 0 Å². The minimum atomic E-state index is -0.572. The van der Waals surface area contributed by atoms with Crippen molar-refractivity contribution in [1.29, 1.82) is 0 Å². The normalized spacial score (nSPS) is 15.4. The van der Waals surface area contributed by atoms with E-state index in [1.165, 1.54) is 71.1 Å². The number of esters is 1. The van der Waals surface area contributed by atoms with E-state index in [0.717, 1.165) is 12.8 Å². The first-order valence-electron chi connectivity index (χ1n) is 13.8. The highest BCUT2D eigenvalue weighted by Crippen LogP contribution is 2.15. The third-order valence-corrected chi connectivity index (χ3v) is 5.63. The van der Waals surface area contributed by atoms with Gasteiger partial charge in [-0.25, -0.2) is 0 Å². The van der Waals surface area contributed by atoms with Crippen molar-refractivity contribution in [2.75, 3.05) is 19.8 Å². The smallest absolute Gasteiger partial charge is 0.303 e. The van der Waals surface area contributed by atoms with Crippen molar-refractivity contribution in [2.45, 2.75) is 143 Å². The van der Waals surface area contributed by atoms with Gasteiger partial charge in [-0.05, 0) is 40.5 Å². The lowest BCUT2D eigenvalue weighted by atomic mass is 10.0. The zero-order valence-electron chi connectivity index (χ0n) is 23.0. The van der Waals surface area contributed by atoms with Gasteiger partial charge in [-0.3, -0.25) is 4.79 Å². The highest BCUT2D eigenvalue weighted by Gasteiger charge is 2.26. The van der Waals surface area contributed by atoms with Crippen LogP contribution in [0.4, 0.5) is 0 Å². The molecule has 34 heavy (non-hydrogen) atoms. The number of unbranched alkanes of at least 4 members (excludes halogenated alkanes) is 11. The van der Waals surface area contributed by atoms with Crippen molar-refractivity contribution in [1.82, 2.24) is 0 Å². The number of ether oxygens (including phenoxy) is 5. The molecule has 0 aromatic carbocycles. The standard InChI is InChI=1S/C28H54O6/c1-7-10-11-12-13-14-15-16-17-18-19-20-21-22-27(34-26(6)31-9-3)28(33-24(4)29)23-32-25(5)30-8-2/h21-22,25-28H,7-20,23H2,1-6H3/b22-21+/t25?,26?,27-,28-/m0/s1. The number of rotatable bonds is 24. The van der Waals surface area contributed by atoms with Gasteiger partial charge in [0.1, 0.15) is 6.10 Å². The fourth-order valence-electron chi connectivity index (χ4n) is 3.83. The van der Waals surface area contributed by atoms with Crippen LogP contribution in [0.3, 0.4) is 0 Å². The predicted molar refractivity (Wildman–Crippen MR) is 139 cm³/mol. The molecular formula is C28H54O6. The first-order valence-corrected chi connectivity index (χ1v) is 13.8. The minimum absolute atomic E-state index is 0.188. The number of hydrogen-bond donors (Lipinski definition) is 0. The molecule has 6 heteroatoms. The van der Waals surface area contributed by atoms with E-state index in [4.69, 9.17) is 23.7 Å². The van der Waals surface area contributed by atoms with Gasteiger partial charge in [0, 0.05) is 20.1 Å². The third-order valence-electron chi connectivity index (χ3n) is 5.63. The molecule has 202 valence electrons. The van der Waals surface area contributed by atoms with Crippen LogP contribution in [0.2, 0.25) is 0 Å². The van der Waals surface area contributed by atoms with E-state index in [1.807, 2.05) is 33.8 Å². The molecule has 0 amide bonds. The van der Waals surface area contributed by atoms with Crippen molar-refractivity contribution < 1.29 is 28.5 Å². The van der Waals surface area contributed by atoms with Crippen LogP contribution in [0.25, 0.3) is 0 Å². The average molecular weight is 487 g/mol. The van der Waals surface area contributed by atoms with E-state index in [0.29, 0.717) is 13.2 Å². The minimum Gasteiger partial charge on any atom is -0.457 e. The molecule has 0 N–H and O–H groups in total. The van der Waals surface area contributed by atoms with E-state index in [1.54, 1.807) is 0 Å². The predicted octanol–water partition coefficient (Wildman–Crippen LogP) is 7.34. The molecule has 6 nitrogen and oxygen atoms in total. The van der Waals surface area contributed by atoms with Gasteiger partial charge in [0.15, 0.2) is 18.7 Å². The Bertz CT molecular complexity index is 482. The van der Waals surface area contributed by atoms with Gasteiger partial charge in [0.2, 0.25) is 0 Å². The molecule has 0 aromatic rings. The van der Waals surface area contributed by atoms with Crippen molar-refractivity contribution in [3.63, 3.8) is 0 Å². The molecule has 2 unspecified atom stereocenters. The van der Waals surface area contributed by atoms with Crippen LogP contribution in [0.5, 0.6) is 0 Å². The summed E-state index contributed by atoms with van der Waals surface area (Å²) in [6.45, 7) is 12.5. The van der Waals surface area contributed by atoms with Gasteiger partial charge in [-0.15, -0.1) is 0 Å². The van der Waals surface area contributed by atoms with Crippen LogP contribution in [0.1, 0.15) is 119 Å². The fraction of sp³-hybridized carbons (Fsp3) is 0.893. The monoisotopic (exact) mass is 486 g/mol. The molecular weight excluding hydrogens is 432 g/mol. The number of allylic oxidation sites excluding steroid dienone is 1. The molecule has 0 aliphatic heterocycles. The largest absolute Gasteiger partial charge is 0.457 e. The summed E-state index contributed by atoms with van der Waals surface area (Å²) in [5.41, 5.74) is 0. The van der Waals surface area contributed by atoms with Gasteiger partial charge < -0.3 is 23.7 Å². The second-order valence-corrected chi connectivity index (χ2v) is 8.88. The molecule has 0 rings (SSSR count). The molecule has 4 atom stereocenters. The Morgan fingerprint density at radius 1 is 0.735 bits per heavy atom. The van der Waals surface area contributed by atoms with Crippen molar-refractivity contribution in [2.24, 2.45) is 0 Å². The summed E-state index contributed by atoms with van der Waals surface area (Å²) in [5, 5.41) is 0. The van der Waals surface area contributed by atoms with Gasteiger partial charge in [0.05, 0.1) is 6.61 Å². The highest BCUT2D eigenvalue weighted by atomic mass is 16.7. The summed E-state index contributed by atoms with van der Waals surface area (Å²) in [7, 11) is 0. The molecule has 0 radical (unpaired) electrons. The SMILES string of the molecule is CCCCCCCCCCCCC/C=C/[C@H](OC(C)OCC)[C@H](COC(C)OCC)OC(C)=O. The van der Waals surface area contributed by atoms with Gasteiger partial charge >= 0.3 is 5.97 Å². The summed E-state index contributed by atoms with van der Waals surface area (Å²) in [6, 6.07) is 0. The Kier molecular flexibility index (Phi) is 23.1. The van der Waals surface area contributed by atoms with E-state index >= 15 is 0 Å². The third kappa shape index (κ3) is 20.4. The molecule has 0 aliphatic rings. The number of carbonyl (C=O) groups is 1. The maximum atomic E-state index is 11.7. The lowest BCUT2D eigenvalue weighted by Gasteiger charge is -2.28. The average Bonchev–Trinajstić information content (AvgIpc) is 2.79. The van der Waals surface area contributed by atoms with E-state index in [2.05, 4.69) is 13.0 Å². The number of carbonyl (C=O) groups excluding carboxylic acids is 1. The maximum Gasteiger partial charge on any atom is 0.303 e. The van der Waals surface area contributed by atoms with Crippen LogP contribution in [0.15, 0.2) is 12.2 Å². The lowest BCUT2D eigenvalue weighted by Crippen LogP contribution is -2.39. The van der Waals surface area contributed by atoms with E-state index < -0.39 is 18.5 Å². The molecule has 0 aromatic heterocycles. The van der Waals surface area contributed by atoms with E-state index in [-0.39, 0.29) is 18.9 Å². The molecule has 0 saturated heterocycles. The van der Waals surface area contributed by atoms with Crippen molar-refractivity contribution >= 4 is 5.97 Å². The van der Waals surface area contributed by atoms with Gasteiger partial charge in [0.25, 0.3) is 0 Å². The Hall–Kier alpha value is -0.950. The van der Waals surface area contributed by atoms with E-state index in [9.17, 15) is 4.79 Å². The van der Waals surface area contributed by atoms with Crippen LogP contribution in [-0.4, -0.2) is 50.6 Å². The summed E-state index contributed by atoms with van der Waals surface area (Å²) in [4.78, 5) is 11.7. The van der Waals surface area contributed by atoms with Crippen LogP contribution in [0, 0.1) is 0 Å². The molecule has 0 fully saturated rings. The first-order chi connectivity index (χ1) is 16.4. The highest BCUT2D eigenvalue weighted by molar-refractivity contribution is 5.66. The lowest BCUT2D eigenvalue weighted by molar-refractivity contribution is -0.203. The summed E-state index contributed by atoms with van der Waals surface area (Å²) in [6.07, 6.45) is 17.9. The Labute approximate surface area is 210 Å². The number of hydrogen-bond acceptors (Lipinski definition) is 6. The summed E-state index contributed by atoms with van der Waals surface area (Å²) >= 11 is 0. The van der Waals surface area contributed by atoms with Gasteiger partial charge in [-0.1, -0.05) is 83.3 Å². The zero-order chi connectivity index (χ0) is 25.4. The van der Waals surface area contributed by atoms with Crippen molar-refractivity contribution in [3.8, 4) is 0 Å². The quantitative estimate of drug-likeness (QED) is 0.0615. The Morgan fingerprint density at radius 3 is 1.79 bits per heavy atom. The molecule has 0 aliphatic carbocycles. The molecule has 0 bridgehead atoms.